The molecule has 1 atom stereocenters. The van der Waals surface area contributed by atoms with Crippen LogP contribution in [-0.2, 0) is 29.5 Å². The SMILES string of the molecule is CCS(=O)(=O)c1ccc(CNC(=O)c2nc3c(s2)CN(Cc2ccn(C(F)F)c(=O)c2)C3C(C)C)cc1. The molecule has 2 aromatic heterocycles. The van der Waals surface area contributed by atoms with Crippen LogP contribution in [0.5, 0.6) is 0 Å². The molecule has 1 aliphatic rings. The van der Waals surface area contributed by atoms with Crippen molar-refractivity contribution in [3.05, 3.63) is 79.7 Å². The summed E-state index contributed by atoms with van der Waals surface area (Å²) in [6, 6.07) is 9.10. The van der Waals surface area contributed by atoms with Crippen molar-refractivity contribution >= 4 is 27.1 Å². The van der Waals surface area contributed by atoms with E-state index in [1.807, 2.05) is 13.8 Å². The Morgan fingerprint density at radius 1 is 1.19 bits per heavy atom. The van der Waals surface area contributed by atoms with Crippen LogP contribution in [0.4, 0.5) is 8.78 Å². The van der Waals surface area contributed by atoms with Gasteiger partial charge in [-0.1, -0.05) is 32.9 Å². The van der Waals surface area contributed by atoms with E-state index in [1.165, 1.54) is 35.6 Å². The van der Waals surface area contributed by atoms with Crippen molar-refractivity contribution in [2.24, 2.45) is 5.92 Å². The number of aromatic nitrogens is 2. The molecule has 0 spiro atoms. The number of hydrogen-bond donors (Lipinski definition) is 1. The number of nitrogens with one attached hydrogen (secondary N) is 1. The summed E-state index contributed by atoms with van der Waals surface area (Å²) in [4.78, 5) is 32.7. The topological polar surface area (TPSA) is 101 Å². The maximum atomic E-state index is 12.9. The first-order chi connectivity index (χ1) is 17.5. The Balaban J connectivity index is 1.43. The van der Waals surface area contributed by atoms with Gasteiger partial charge in [-0.3, -0.25) is 19.1 Å². The van der Waals surface area contributed by atoms with Gasteiger partial charge >= 0.3 is 6.55 Å². The highest BCUT2D eigenvalue weighted by Crippen LogP contribution is 2.41. The van der Waals surface area contributed by atoms with Crippen LogP contribution in [0.1, 0.15) is 64.9 Å². The lowest BCUT2D eigenvalue weighted by Crippen LogP contribution is -2.28. The highest BCUT2D eigenvalue weighted by Gasteiger charge is 2.36. The van der Waals surface area contributed by atoms with Crippen LogP contribution in [0.2, 0.25) is 0 Å². The summed E-state index contributed by atoms with van der Waals surface area (Å²) < 4.78 is 50.1. The zero-order valence-corrected chi connectivity index (χ0v) is 22.3. The number of fused-ring (bicyclic) bond motifs is 1. The Morgan fingerprint density at radius 2 is 1.89 bits per heavy atom. The van der Waals surface area contributed by atoms with E-state index in [4.69, 9.17) is 0 Å². The quantitative estimate of drug-likeness (QED) is 0.430. The molecule has 4 rings (SSSR count). The number of amides is 1. The van der Waals surface area contributed by atoms with Gasteiger partial charge in [0, 0.05) is 36.8 Å². The fourth-order valence-corrected chi connectivity index (χ4v) is 6.34. The predicted molar refractivity (Wildman–Crippen MR) is 136 cm³/mol. The molecule has 1 aliphatic heterocycles. The van der Waals surface area contributed by atoms with Gasteiger partial charge in [-0.15, -0.1) is 11.3 Å². The van der Waals surface area contributed by atoms with Gasteiger partial charge in [0.15, 0.2) is 14.8 Å². The average molecular weight is 551 g/mol. The van der Waals surface area contributed by atoms with Gasteiger partial charge in [0.25, 0.3) is 11.5 Å². The van der Waals surface area contributed by atoms with Gasteiger partial charge in [0.05, 0.1) is 22.4 Å². The lowest BCUT2D eigenvalue weighted by molar-refractivity contribution is 0.0661. The molecule has 0 radical (unpaired) electrons. The van der Waals surface area contributed by atoms with E-state index in [2.05, 4.69) is 15.2 Å². The smallest absolute Gasteiger partial charge is 0.321 e. The first-order valence-electron chi connectivity index (χ1n) is 11.8. The largest absolute Gasteiger partial charge is 0.346 e. The molecule has 0 aliphatic carbocycles. The summed E-state index contributed by atoms with van der Waals surface area (Å²) in [5.41, 5.74) is 1.48. The van der Waals surface area contributed by atoms with Gasteiger partial charge in [-0.25, -0.2) is 13.4 Å². The third-order valence-electron chi connectivity index (χ3n) is 6.30. The summed E-state index contributed by atoms with van der Waals surface area (Å²) in [6.07, 6.45) is 1.11. The fraction of sp³-hybridized carbons (Fsp3) is 0.400. The first-order valence-corrected chi connectivity index (χ1v) is 14.3. The summed E-state index contributed by atoms with van der Waals surface area (Å²) in [5, 5.41) is 3.19. The third kappa shape index (κ3) is 5.81. The fourth-order valence-electron chi connectivity index (χ4n) is 4.42. The minimum Gasteiger partial charge on any atom is -0.346 e. The summed E-state index contributed by atoms with van der Waals surface area (Å²) >= 11 is 1.31. The molecule has 0 saturated carbocycles. The zero-order valence-electron chi connectivity index (χ0n) is 20.6. The van der Waals surface area contributed by atoms with E-state index in [-0.39, 0.29) is 35.1 Å². The highest BCUT2D eigenvalue weighted by atomic mass is 32.2. The first kappa shape index (κ1) is 27.1. The van der Waals surface area contributed by atoms with Gasteiger partial charge < -0.3 is 5.32 Å². The van der Waals surface area contributed by atoms with Crippen molar-refractivity contribution in [2.45, 2.75) is 57.9 Å². The number of rotatable bonds is 9. The van der Waals surface area contributed by atoms with Crippen LogP contribution < -0.4 is 10.9 Å². The molecule has 37 heavy (non-hydrogen) atoms. The van der Waals surface area contributed by atoms with E-state index in [1.54, 1.807) is 19.1 Å². The second-order valence-electron chi connectivity index (χ2n) is 9.21. The molecule has 1 N–H and O–H groups in total. The van der Waals surface area contributed by atoms with Crippen molar-refractivity contribution in [3.8, 4) is 0 Å². The van der Waals surface area contributed by atoms with Crippen LogP contribution in [-0.4, -0.2) is 34.5 Å². The number of nitrogens with zero attached hydrogens (tertiary/aromatic N) is 3. The Bertz CT molecular complexity index is 1450. The lowest BCUT2D eigenvalue weighted by atomic mass is 10.0. The Labute approximate surface area is 217 Å². The monoisotopic (exact) mass is 550 g/mol. The van der Waals surface area contributed by atoms with Crippen molar-refractivity contribution in [2.75, 3.05) is 5.75 Å². The van der Waals surface area contributed by atoms with Crippen LogP contribution in [0, 0.1) is 5.92 Å². The van der Waals surface area contributed by atoms with Crippen molar-refractivity contribution in [1.82, 2.24) is 19.8 Å². The van der Waals surface area contributed by atoms with Gasteiger partial charge in [0.1, 0.15) is 0 Å². The maximum Gasteiger partial charge on any atom is 0.321 e. The third-order valence-corrected chi connectivity index (χ3v) is 9.10. The number of benzene rings is 1. The average Bonchev–Trinajstić information content (AvgIpc) is 3.40. The number of halogens is 2. The van der Waals surface area contributed by atoms with E-state index < -0.39 is 21.9 Å². The number of hydrogen-bond acceptors (Lipinski definition) is 7. The van der Waals surface area contributed by atoms with E-state index in [9.17, 15) is 26.8 Å². The Hall–Kier alpha value is -2.96. The molecule has 3 heterocycles. The number of carbonyl (C=O) groups excluding carboxylic acids is 1. The molecular formula is C25H28F2N4O4S2. The molecule has 3 aromatic rings. The molecule has 8 nitrogen and oxygen atoms in total. The highest BCUT2D eigenvalue weighted by molar-refractivity contribution is 7.91. The van der Waals surface area contributed by atoms with E-state index in [0.29, 0.717) is 28.2 Å². The summed E-state index contributed by atoms with van der Waals surface area (Å²) in [6.45, 7) is 3.97. The molecule has 12 heteroatoms. The van der Waals surface area contributed by atoms with Crippen molar-refractivity contribution in [3.63, 3.8) is 0 Å². The van der Waals surface area contributed by atoms with Crippen LogP contribution in [0.25, 0.3) is 0 Å². The standard InChI is InChI=1S/C25H28F2N4O4S2/c1-4-37(34,35)18-7-5-16(6-8-18)12-28-23(33)24-29-21-19(36-24)14-30(22(21)15(2)3)13-17-9-10-31(25(26)27)20(32)11-17/h5-11,15,22,25H,4,12-14H2,1-3H3,(H,28,33). The van der Waals surface area contributed by atoms with E-state index >= 15 is 0 Å². The van der Waals surface area contributed by atoms with Crippen LogP contribution in [0.15, 0.2) is 52.3 Å². The summed E-state index contributed by atoms with van der Waals surface area (Å²) in [7, 11) is -3.28. The second-order valence-corrected chi connectivity index (χ2v) is 12.6. The molecular weight excluding hydrogens is 522 g/mol. The van der Waals surface area contributed by atoms with Crippen LogP contribution >= 0.6 is 11.3 Å². The second kappa shape index (κ2) is 10.8. The number of thiazole rings is 1. The Kier molecular flexibility index (Phi) is 7.91. The summed E-state index contributed by atoms with van der Waals surface area (Å²) in [5.74, 6) is -0.121. The van der Waals surface area contributed by atoms with Crippen molar-refractivity contribution in [1.29, 1.82) is 0 Å². The Morgan fingerprint density at radius 3 is 2.49 bits per heavy atom. The van der Waals surface area contributed by atoms with Crippen molar-refractivity contribution < 1.29 is 22.0 Å². The number of alkyl halides is 2. The number of sulfone groups is 1. The number of pyridine rings is 1. The molecule has 0 saturated heterocycles. The molecule has 1 aromatic carbocycles. The minimum absolute atomic E-state index is 0.0241. The maximum absolute atomic E-state index is 12.9. The molecule has 1 amide bonds. The molecule has 1 unspecified atom stereocenters. The molecule has 198 valence electrons. The van der Waals surface area contributed by atoms with Gasteiger partial charge in [0.2, 0.25) is 0 Å². The van der Waals surface area contributed by atoms with Gasteiger partial charge in [-0.2, -0.15) is 8.78 Å². The van der Waals surface area contributed by atoms with Crippen LogP contribution in [0.3, 0.4) is 0 Å². The minimum atomic E-state index is -3.28. The zero-order chi connectivity index (χ0) is 26.9. The molecule has 0 bridgehead atoms. The predicted octanol–water partition coefficient (Wildman–Crippen LogP) is 4.14. The van der Waals surface area contributed by atoms with Gasteiger partial charge in [-0.05, 0) is 35.2 Å². The number of carbonyl (C=O) groups is 1. The molecule has 0 fully saturated rings. The van der Waals surface area contributed by atoms with E-state index in [0.717, 1.165) is 22.3 Å². The lowest BCUT2D eigenvalue weighted by Gasteiger charge is -2.27. The normalized spacial score (nSPS) is 15.9.